The molecule has 0 spiro atoms. The second-order valence-electron chi connectivity index (χ2n) is 4.02. The first kappa shape index (κ1) is 11.4. The number of carboxylic acids is 1. The van der Waals surface area contributed by atoms with Gasteiger partial charge in [-0.2, -0.15) is 0 Å². The topological polar surface area (TPSA) is 37.3 Å². The molecule has 0 saturated carbocycles. The number of aryl methyl sites for hydroxylation is 1. The van der Waals surface area contributed by atoms with E-state index in [2.05, 4.69) is 24.3 Å². The standard InChI is InChI=1S/C15H14O2/c1-11-9-10-12-5-2-3-6-14(12)13(11)7-4-8-15(16)17/h2-7,9-10H,8H2,1H3,(H,16,17)/b7-4+. The zero-order valence-corrected chi connectivity index (χ0v) is 9.68. The minimum Gasteiger partial charge on any atom is -0.481 e. The zero-order chi connectivity index (χ0) is 12.3. The van der Waals surface area contributed by atoms with Gasteiger partial charge in [0.25, 0.3) is 0 Å². The lowest BCUT2D eigenvalue weighted by atomic mass is 9.99. The third kappa shape index (κ3) is 2.53. The van der Waals surface area contributed by atoms with Crippen molar-refractivity contribution in [3.8, 4) is 0 Å². The molecule has 2 heteroatoms. The Labute approximate surface area is 100 Å². The predicted molar refractivity (Wildman–Crippen MR) is 70.0 cm³/mol. The number of aliphatic carboxylic acids is 1. The molecule has 1 N–H and O–H groups in total. The van der Waals surface area contributed by atoms with Crippen molar-refractivity contribution in [1.29, 1.82) is 0 Å². The average molecular weight is 226 g/mol. The highest BCUT2D eigenvalue weighted by molar-refractivity contribution is 5.92. The first-order chi connectivity index (χ1) is 8.18. The summed E-state index contributed by atoms with van der Waals surface area (Å²) in [4.78, 5) is 10.5. The fourth-order valence-electron chi connectivity index (χ4n) is 1.90. The minimum absolute atomic E-state index is 0.0582. The first-order valence-electron chi connectivity index (χ1n) is 5.55. The molecule has 0 radical (unpaired) electrons. The molecule has 0 atom stereocenters. The van der Waals surface area contributed by atoms with Crippen LogP contribution < -0.4 is 0 Å². The molecule has 0 aliphatic rings. The van der Waals surface area contributed by atoms with Gasteiger partial charge in [-0.05, 0) is 28.8 Å². The van der Waals surface area contributed by atoms with Gasteiger partial charge in [-0.1, -0.05) is 48.6 Å². The van der Waals surface area contributed by atoms with Crippen LogP contribution >= 0.6 is 0 Å². The summed E-state index contributed by atoms with van der Waals surface area (Å²) in [7, 11) is 0. The molecule has 0 amide bonds. The largest absolute Gasteiger partial charge is 0.481 e. The number of hydrogen-bond acceptors (Lipinski definition) is 1. The van der Waals surface area contributed by atoms with Gasteiger partial charge in [0, 0.05) is 0 Å². The molecule has 2 aromatic carbocycles. The van der Waals surface area contributed by atoms with E-state index in [-0.39, 0.29) is 6.42 Å². The Hall–Kier alpha value is -2.09. The summed E-state index contributed by atoms with van der Waals surface area (Å²) in [5.74, 6) is -0.806. The quantitative estimate of drug-likeness (QED) is 0.867. The summed E-state index contributed by atoms with van der Waals surface area (Å²) in [5.41, 5.74) is 2.26. The highest BCUT2D eigenvalue weighted by Gasteiger charge is 2.01. The molecule has 17 heavy (non-hydrogen) atoms. The van der Waals surface area contributed by atoms with Crippen LogP contribution in [-0.4, -0.2) is 11.1 Å². The molecule has 2 nitrogen and oxygen atoms in total. The number of hydrogen-bond donors (Lipinski definition) is 1. The van der Waals surface area contributed by atoms with E-state index in [1.165, 1.54) is 5.39 Å². The van der Waals surface area contributed by atoms with Gasteiger partial charge in [-0.15, -0.1) is 0 Å². The van der Waals surface area contributed by atoms with E-state index in [0.717, 1.165) is 16.5 Å². The van der Waals surface area contributed by atoms with Crippen LogP contribution in [0.5, 0.6) is 0 Å². The highest BCUT2D eigenvalue weighted by Crippen LogP contribution is 2.23. The Morgan fingerprint density at radius 3 is 2.76 bits per heavy atom. The SMILES string of the molecule is Cc1ccc2ccccc2c1/C=C/CC(=O)O. The Kier molecular flexibility index (Phi) is 3.24. The number of fused-ring (bicyclic) bond motifs is 1. The molecule has 0 saturated heterocycles. The maximum atomic E-state index is 10.5. The molecule has 0 aromatic heterocycles. The van der Waals surface area contributed by atoms with Crippen molar-refractivity contribution in [2.75, 3.05) is 0 Å². The predicted octanol–water partition coefficient (Wildman–Crippen LogP) is 3.64. The summed E-state index contributed by atoms with van der Waals surface area (Å²) in [6.07, 6.45) is 3.64. The molecule has 86 valence electrons. The lowest BCUT2D eigenvalue weighted by molar-refractivity contribution is -0.135. The summed E-state index contributed by atoms with van der Waals surface area (Å²) in [5, 5.41) is 11.0. The number of carbonyl (C=O) groups is 1. The minimum atomic E-state index is -0.806. The van der Waals surface area contributed by atoms with Crippen molar-refractivity contribution < 1.29 is 9.90 Å². The summed E-state index contributed by atoms with van der Waals surface area (Å²) in [6, 6.07) is 12.3. The Morgan fingerprint density at radius 1 is 1.24 bits per heavy atom. The average Bonchev–Trinajstić information content (AvgIpc) is 2.32. The van der Waals surface area contributed by atoms with Crippen LogP contribution in [-0.2, 0) is 4.79 Å². The highest BCUT2D eigenvalue weighted by atomic mass is 16.4. The second kappa shape index (κ2) is 4.83. The first-order valence-corrected chi connectivity index (χ1v) is 5.55. The van der Waals surface area contributed by atoms with E-state index in [1.54, 1.807) is 6.08 Å². The monoisotopic (exact) mass is 226 g/mol. The van der Waals surface area contributed by atoms with E-state index in [9.17, 15) is 4.79 Å². The molecule has 0 bridgehead atoms. The van der Waals surface area contributed by atoms with Crippen LogP contribution in [0.2, 0.25) is 0 Å². The smallest absolute Gasteiger partial charge is 0.307 e. The van der Waals surface area contributed by atoms with Gasteiger partial charge in [0.05, 0.1) is 6.42 Å². The molecular weight excluding hydrogens is 212 g/mol. The van der Waals surface area contributed by atoms with E-state index >= 15 is 0 Å². The molecular formula is C15H14O2. The third-order valence-electron chi connectivity index (χ3n) is 2.77. The lowest BCUT2D eigenvalue weighted by Crippen LogP contribution is -1.90. The van der Waals surface area contributed by atoms with Gasteiger partial charge in [-0.25, -0.2) is 0 Å². The molecule has 2 rings (SSSR count). The fourth-order valence-corrected chi connectivity index (χ4v) is 1.90. The molecule has 0 aliphatic heterocycles. The lowest BCUT2D eigenvalue weighted by Gasteiger charge is -2.05. The van der Waals surface area contributed by atoms with Crippen molar-refractivity contribution in [3.05, 3.63) is 53.6 Å². The van der Waals surface area contributed by atoms with E-state index in [1.807, 2.05) is 25.1 Å². The van der Waals surface area contributed by atoms with Crippen LogP contribution in [0.4, 0.5) is 0 Å². The molecule has 0 fully saturated rings. The van der Waals surface area contributed by atoms with Crippen LogP contribution in [0.1, 0.15) is 17.5 Å². The normalized spacial score (nSPS) is 11.1. The van der Waals surface area contributed by atoms with Crippen LogP contribution in [0.3, 0.4) is 0 Å². The Morgan fingerprint density at radius 2 is 2.00 bits per heavy atom. The molecule has 0 unspecified atom stereocenters. The van der Waals surface area contributed by atoms with Crippen molar-refractivity contribution in [3.63, 3.8) is 0 Å². The van der Waals surface area contributed by atoms with Gasteiger partial charge in [0.15, 0.2) is 0 Å². The van der Waals surface area contributed by atoms with E-state index in [4.69, 9.17) is 5.11 Å². The molecule has 0 heterocycles. The van der Waals surface area contributed by atoms with Gasteiger partial charge >= 0.3 is 5.97 Å². The Bertz CT molecular complexity index is 582. The van der Waals surface area contributed by atoms with Gasteiger partial charge < -0.3 is 5.11 Å². The zero-order valence-electron chi connectivity index (χ0n) is 9.68. The van der Waals surface area contributed by atoms with E-state index in [0.29, 0.717) is 0 Å². The second-order valence-corrected chi connectivity index (χ2v) is 4.02. The van der Waals surface area contributed by atoms with Gasteiger partial charge in [-0.3, -0.25) is 4.79 Å². The molecule has 0 aliphatic carbocycles. The summed E-state index contributed by atoms with van der Waals surface area (Å²) in [6.45, 7) is 2.03. The number of benzene rings is 2. The number of carboxylic acid groups (broad SMARTS) is 1. The van der Waals surface area contributed by atoms with Crippen molar-refractivity contribution in [1.82, 2.24) is 0 Å². The maximum absolute atomic E-state index is 10.5. The van der Waals surface area contributed by atoms with Crippen molar-refractivity contribution in [2.45, 2.75) is 13.3 Å². The molecule has 2 aromatic rings. The fraction of sp³-hybridized carbons (Fsp3) is 0.133. The van der Waals surface area contributed by atoms with Crippen molar-refractivity contribution in [2.24, 2.45) is 0 Å². The van der Waals surface area contributed by atoms with Crippen molar-refractivity contribution >= 4 is 22.8 Å². The van der Waals surface area contributed by atoms with Gasteiger partial charge in [0.1, 0.15) is 0 Å². The van der Waals surface area contributed by atoms with Gasteiger partial charge in [0.2, 0.25) is 0 Å². The van der Waals surface area contributed by atoms with E-state index < -0.39 is 5.97 Å². The van der Waals surface area contributed by atoms with Crippen LogP contribution in [0, 0.1) is 6.92 Å². The summed E-state index contributed by atoms with van der Waals surface area (Å²) < 4.78 is 0. The maximum Gasteiger partial charge on any atom is 0.307 e. The Balaban J connectivity index is 2.47. The third-order valence-corrected chi connectivity index (χ3v) is 2.77. The summed E-state index contributed by atoms with van der Waals surface area (Å²) >= 11 is 0. The number of rotatable bonds is 3. The van der Waals surface area contributed by atoms with Crippen LogP contribution in [0.15, 0.2) is 42.5 Å². The van der Waals surface area contributed by atoms with Crippen LogP contribution in [0.25, 0.3) is 16.8 Å².